The zero-order valence-electron chi connectivity index (χ0n) is 17.7. The quantitative estimate of drug-likeness (QED) is 0.399. The molecule has 0 amide bonds. The van der Waals surface area contributed by atoms with Gasteiger partial charge in [-0.15, -0.1) is 0 Å². The minimum atomic E-state index is -3.93. The van der Waals surface area contributed by atoms with Crippen LogP contribution < -0.4 is 4.90 Å². The van der Waals surface area contributed by atoms with E-state index in [4.69, 9.17) is 9.11 Å². The van der Waals surface area contributed by atoms with Crippen LogP contribution in [0.25, 0.3) is 6.08 Å². The van der Waals surface area contributed by atoms with Crippen molar-refractivity contribution in [3.05, 3.63) is 59.7 Å². The highest BCUT2D eigenvalue weighted by Gasteiger charge is 2.11. The Bertz CT molecular complexity index is 1080. The lowest BCUT2D eigenvalue weighted by molar-refractivity contribution is -0.495. The standard InChI is InChI=1S/C21H28N2O6S2/c1-22(13-3-15-30(24,25)26)20-9-5-18(6-10-20)17-19-7-11-21(12-8-19)23(2)14-4-16-31(27,28)29/h5-12,17H,3-4,13-16H2,1-2H3,(H-,24,25,26,27,28,29)/p+1. The number of hydrogen-bond acceptors (Lipinski definition) is 5. The second kappa shape index (κ2) is 10.9. The highest BCUT2D eigenvalue weighted by atomic mass is 32.2. The summed E-state index contributed by atoms with van der Waals surface area (Å²) in [6.45, 7) is 1.03. The van der Waals surface area contributed by atoms with Crippen molar-refractivity contribution in [3.8, 4) is 0 Å². The van der Waals surface area contributed by atoms with Gasteiger partial charge in [-0.05, 0) is 47.9 Å². The first-order valence-corrected chi connectivity index (χ1v) is 13.0. The highest BCUT2D eigenvalue weighted by Crippen LogP contribution is 2.18. The lowest BCUT2D eigenvalue weighted by Gasteiger charge is -2.19. The van der Waals surface area contributed by atoms with Crippen LogP contribution in [0, 0.1) is 0 Å². The maximum absolute atomic E-state index is 10.8. The third-order valence-corrected chi connectivity index (χ3v) is 6.40. The summed E-state index contributed by atoms with van der Waals surface area (Å²) in [6, 6.07) is 7.86. The second-order valence-electron chi connectivity index (χ2n) is 7.45. The molecule has 8 nitrogen and oxygen atoms in total. The van der Waals surface area contributed by atoms with E-state index in [1.807, 2.05) is 78.2 Å². The van der Waals surface area contributed by atoms with Crippen molar-refractivity contribution in [1.29, 1.82) is 0 Å². The molecule has 0 spiro atoms. The van der Waals surface area contributed by atoms with Crippen molar-refractivity contribution < 1.29 is 30.5 Å². The number of rotatable bonds is 10. The Morgan fingerprint density at radius 1 is 0.903 bits per heavy atom. The van der Waals surface area contributed by atoms with Gasteiger partial charge in [0.2, 0.25) is 0 Å². The van der Waals surface area contributed by atoms with Gasteiger partial charge in [0, 0.05) is 37.9 Å². The molecule has 2 rings (SSSR count). The molecule has 1 aromatic rings. The van der Waals surface area contributed by atoms with Crippen LogP contribution in [0.3, 0.4) is 0 Å². The molecule has 0 atom stereocenters. The molecule has 0 saturated carbocycles. The predicted molar refractivity (Wildman–Crippen MR) is 124 cm³/mol. The van der Waals surface area contributed by atoms with E-state index in [1.54, 1.807) is 0 Å². The Labute approximate surface area is 184 Å². The lowest BCUT2D eigenvalue weighted by Crippen LogP contribution is -2.20. The van der Waals surface area contributed by atoms with Gasteiger partial charge in [0.25, 0.3) is 20.2 Å². The number of anilines is 1. The van der Waals surface area contributed by atoms with E-state index in [0.29, 0.717) is 25.9 Å². The van der Waals surface area contributed by atoms with E-state index in [0.717, 1.165) is 22.5 Å². The third-order valence-electron chi connectivity index (χ3n) is 4.79. The van der Waals surface area contributed by atoms with E-state index >= 15 is 0 Å². The average Bonchev–Trinajstić information content (AvgIpc) is 2.67. The van der Waals surface area contributed by atoms with E-state index in [9.17, 15) is 16.8 Å². The average molecular weight is 470 g/mol. The summed E-state index contributed by atoms with van der Waals surface area (Å²) in [5.41, 5.74) is 3.94. The molecule has 0 unspecified atom stereocenters. The number of hydrogen-bond donors (Lipinski definition) is 2. The molecule has 1 aromatic carbocycles. The molecule has 0 fully saturated rings. The molecular weight excluding hydrogens is 440 g/mol. The summed E-state index contributed by atoms with van der Waals surface area (Å²) in [5.74, 6) is -0.510. The van der Waals surface area contributed by atoms with Crippen LogP contribution in [-0.2, 0) is 20.2 Å². The first-order valence-electron chi connectivity index (χ1n) is 9.80. The minimum absolute atomic E-state index is 0.255. The van der Waals surface area contributed by atoms with Crippen LogP contribution >= 0.6 is 0 Å². The molecule has 0 bridgehead atoms. The summed E-state index contributed by atoms with van der Waals surface area (Å²) in [4.78, 5) is 1.93. The Morgan fingerprint density at radius 2 is 1.45 bits per heavy atom. The van der Waals surface area contributed by atoms with Gasteiger partial charge in [-0.3, -0.25) is 9.11 Å². The van der Waals surface area contributed by atoms with Crippen LogP contribution in [0.5, 0.6) is 0 Å². The van der Waals surface area contributed by atoms with E-state index < -0.39 is 20.2 Å². The SMILES string of the molecule is CN(CCCS(=O)(=O)O)c1ccc(C=C2C=CC(=[N+](C)CCCS(=O)(=O)O)C=C2)cc1. The van der Waals surface area contributed by atoms with Gasteiger partial charge in [-0.25, -0.2) is 4.58 Å². The highest BCUT2D eigenvalue weighted by molar-refractivity contribution is 7.86. The molecule has 0 heterocycles. The molecular formula is C21H29N2O6S2+. The zero-order chi connectivity index (χ0) is 23.1. The first-order chi connectivity index (χ1) is 14.4. The Balaban J connectivity index is 1.94. The first kappa shape index (κ1) is 25.0. The van der Waals surface area contributed by atoms with Crippen LogP contribution in [0.2, 0.25) is 0 Å². The summed E-state index contributed by atoms with van der Waals surface area (Å²) < 4.78 is 62.8. The van der Waals surface area contributed by atoms with E-state index in [-0.39, 0.29) is 11.5 Å². The van der Waals surface area contributed by atoms with Crippen molar-refractivity contribution in [3.63, 3.8) is 0 Å². The largest absolute Gasteiger partial charge is 0.375 e. The molecule has 31 heavy (non-hydrogen) atoms. The van der Waals surface area contributed by atoms with Crippen LogP contribution in [0.15, 0.2) is 54.1 Å². The molecule has 0 aliphatic heterocycles. The maximum atomic E-state index is 10.8. The normalized spacial score (nSPS) is 14.1. The second-order valence-corrected chi connectivity index (χ2v) is 10.6. The Morgan fingerprint density at radius 3 is 2.00 bits per heavy atom. The number of nitrogens with zero attached hydrogens (tertiary/aromatic N) is 2. The summed E-state index contributed by atoms with van der Waals surface area (Å²) in [7, 11) is -4.13. The fraction of sp³-hybridized carbons (Fsp3) is 0.381. The fourth-order valence-corrected chi connectivity index (χ4v) is 4.06. The fourth-order valence-electron chi connectivity index (χ4n) is 3.07. The van der Waals surface area contributed by atoms with Crippen molar-refractivity contribution >= 4 is 37.7 Å². The van der Waals surface area contributed by atoms with Gasteiger partial charge in [0.05, 0.1) is 11.5 Å². The number of benzene rings is 1. The van der Waals surface area contributed by atoms with E-state index in [2.05, 4.69) is 0 Å². The topological polar surface area (TPSA) is 115 Å². The molecule has 0 saturated heterocycles. The number of allylic oxidation sites excluding steroid dienone is 5. The van der Waals surface area contributed by atoms with Gasteiger partial charge < -0.3 is 4.90 Å². The summed E-state index contributed by atoms with van der Waals surface area (Å²) in [6.07, 6.45) is 10.6. The lowest BCUT2D eigenvalue weighted by atomic mass is 10.0. The van der Waals surface area contributed by atoms with Crippen LogP contribution in [-0.4, -0.2) is 74.9 Å². The maximum Gasteiger partial charge on any atom is 0.265 e. The molecule has 0 aromatic heterocycles. The molecule has 0 radical (unpaired) electrons. The van der Waals surface area contributed by atoms with Gasteiger partial charge in [-0.1, -0.05) is 12.1 Å². The van der Waals surface area contributed by atoms with Crippen molar-refractivity contribution in [1.82, 2.24) is 0 Å². The molecule has 10 heteroatoms. The minimum Gasteiger partial charge on any atom is -0.375 e. The van der Waals surface area contributed by atoms with E-state index in [1.165, 1.54) is 0 Å². The monoisotopic (exact) mass is 469 g/mol. The molecule has 1 aliphatic carbocycles. The van der Waals surface area contributed by atoms with Crippen LogP contribution in [0.1, 0.15) is 18.4 Å². The smallest absolute Gasteiger partial charge is 0.265 e. The van der Waals surface area contributed by atoms with Crippen molar-refractivity contribution in [2.24, 2.45) is 0 Å². The molecule has 1 aliphatic rings. The van der Waals surface area contributed by atoms with Gasteiger partial charge in [0.15, 0.2) is 5.71 Å². The predicted octanol–water partition coefficient (Wildman–Crippen LogP) is 2.27. The Hall–Kier alpha value is -2.27. The third kappa shape index (κ3) is 9.60. The summed E-state index contributed by atoms with van der Waals surface area (Å²) >= 11 is 0. The van der Waals surface area contributed by atoms with Gasteiger partial charge in [-0.2, -0.15) is 16.8 Å². The summed E-state index contributed by atoms with van der Waals surface area (Å²) in [5, 5.41) is 0. The zero-order valence-corrected chi connectivity index (χ0v) is 19.3. The molecule has 170 valence electrons. The van der Waals surface area contributed by atoms with Gasteiger partial charge in [0.1, 0.15) is 13.6 Å². The van der Waals surface area contributed by atoms with Crippen LogP contribution in [0.4, 0.5) is 5.69 Å². The van der Waals surface area contributed by atoms with Crippen molar-refractivity contribution in [2.45, 2.75) is 12.8 Å². The molecule has 2 N–H and O–H groups in total. The van der Waals surface area contributed by atoms with Crippen molar-refractivity contribution in [2.75, 3.05) is 43.6 Å². The van der Waals surface area contributed by atoms with Gasteiger partial charge >= 0.3 is 0 Å². The Kier molecular flexibility index (Phi) is 8.75.